The summed E-state index contributed by atoms with van der Waals surface area (Å²) in [5.74, 6) is -0.327. The van der Waals surface area contributed by atoms with Crippen molar-refractivity contribution in [2.75, 3.05) is 0 Å². The second-order valence-corrected chi connectivity index (χ2v) is 7.83. The molecule has 0 radical (unpaired) electrons. The van der Waals surface area contributed by atoms with Gasteiger partial charge in [0.25, 0.3) is 5.56 Å². The van der Waals surface area contributed by atoms with E-state index in [1.54, 1.807) is 55.7 Å². The number of hydrogen-bond donors (Lipinski definition) is 1. The standard InChI is InChI=1S/C25H24N4O3/c1-16-10-11-20(13-17(16)2)29-24(31)21-8-4-5-9-22(21)28(25(29)32)18(3)23(30)27-15-19-7-6-12-26-14-19/h4-14,18H,15H2,1-3H3,(H,27,30). The van der Waals surface area contributed by atoms with Gasteiger partial charge in [0.15, 0.2) is 0 Å². The summed E-state index contributed by atoms with van der Waals surface area (Å²) in [5, 5.41) is 3.23. The summed E-state index contributed by atoms with van der Waals surface area (Å²) in [6.45, 7) is 5.84. The fourth-order valence-electron chi connectivity index (χ4n) is 3.71. The summed E-state index contributed by atoms with van der Waals surface area (Å²) in [7, 11) is 0. The van der Waals surface area contributed by atoms with Gasteiger partial charge in [-0.25, -0.2) is 9.36 Å². The number of aryl methyl sites for hydroxylation is 2. The van der Waals surface area contributed by atoms with Gasteiger partial charge >= 0.3 is 5.69 Å². The molecule has 32 heavy (non-hydrogen) atoms. The Bertz CT molecular complexity index is 1420. The fraction of sp³-hybridized carbons (Fsp3) is 0.200. The van der Waals surface area contributed by atoms with Crippen molar-refractivity contribution in [3.8, 4) is 5.69 Å². The van der Waals surface area contributed by atoms with Crippen LogP contribution >= 0.6 is 0 Å². The summed E-state index contributed by atoms with van der Waals surface area (Å²) in [4.78, 5) is 43.8. The van der Waals surface area contributed by atoms with Crippen LogP contribution in [0.25, 0.3) is 16.6 Å². The largest absolute Gasteiger partial charge is 0.350 e. The molecule has 1 atom stereocenters. The van der Waals surface area contributed by atoms with Crippen LogP contribution in [0.1, 0.15) is 29.7 Å². The van der Waals surface area contributed by atoms with Gasteiger partial charge in [0, 0.05) is 18.9 Å². The second kappa shape index (κ2) is 8.63. The predicted octanol–water partition coefficient (Wildman–Crippen LogP) is 3.04. The van der Waals surface area contributed by atoms with Crippen LogP contribution in [0.4, 0.5) is 0 Å². The van der Waals surface area contributed by atoms with Gasteiger partial charge in [0.2, 0.25) is 5.91 Å². The van der Waals surface area contributed by atoms with Crippen LogP contribution in [0.15, 0.2) is 76.6 Å². The zero-order valence-electron chi connectivity index (χ0n) is 18.2. The molecule has 4 aromatic rings. The lowest BCUT2D eigenvalue weighted by Gasteiger charge is -2.20. The zero-order valence-corrected chi connectivity index (χ0v) is 18.2. The molecule has 0 saturated heterocycles. The molecule has 0 aliphatic carbocycles. The van der Waals surface area contributed by atoms with Crippen molar-refractivity contribution in [3.63, 3.8) is 0 Å². The van der Waals surface area contributed by atoms with E-state index in [-0.39, 0.29) is 5.91 Å². The lowest BCUT2D eigenvalue weighted by Crippen LogP contribution is -2.43. The molecule has 0 bridgehead atoms. The Balaban J connectivity index is 1.83. The van der Waals surface area contributed by atoms with Crippen LogP contribution in [-0.4, -0.2) is 20.0 Å². The first-order valence-electron chi connectivity index (χ1n) is 10.4. The van der Waals surface area contributed by atoms with Gasteiger partial charge in [-0.3, -0.25) is 19.1 Å². The van der Waals surface area contributed by atoms with E-state index >= 15 is 0 Å². The molecule has 2 aromatic heterocycles. The molecule has 4 rings (SSSR count). The van der Waals surface area contributed by atoms with E-state index in [4.69, 9.17) is 0 Å². The number of pyridine rings is 1. The third-order valence-corrected chi connectivity index (χ3v) is 5.70. The van der Waals surface area contributed by atoms with Gasteiger partial charge in [-0.2, -0.15) is 0 Å². The molecule has 2 aromatic carbocycles. The van der Waals surface area contributed by atoms with Gasteiger partial charge in [-0.15, -0.1) is 0 Å². The minimum Gasteiger partial charge on any atom is -0.350 e. The number of para-hydroxylation sites is 1. The number of fused-ring (bicyclic) bond motifs is 1. The van der Waals surface area contributed by atoms with E-state index in [0.29, 0.717) is 23.1 Å². The molecule has 1 N–H and O–H groups in total. The lowest BCUT2D eigenvalue weighted by atomic mass is 10.1. The van der Waals surface area contributed by atoms with Gasteiger partial charge in [0.05, 0.1) is 16.6 Å². The lowest BCUT2D eigenvalue weighted by molar-refractivity contribution is -0.124. The average molecular weight is 428 g/mol. The summed E-state index contributed by atoms with van der Waals surface area (Å²) >= 11 is 0. The van der Waals surface area contributed by atoms with Crippen LogP contribution in [0.2, 0.25) is 0 Å². The number of aromatic nitrogens is 3. The van der Waals surface area contributed by atoms with Gasteiger partial charge < -0.3 is 5.32 Å². The van der Waals surface area contributed by atoms with Crippen molar-refractivity contribution in [2.24, 2.45) is 0 Å². The average Bonchev–Trinajstić information content (AvgIpc) is 2.80. The molecule has 0 aliphatic heterocycles. The van der Waals surface area contributed by atoms with Crippen molar-refractivity contribution in [1.29, 1.82) is 0 Å². The molecule has 7 heteroatoms. The highest BCUT2D eigenvalue weighted by Crippen LogP contribution is 2.16. The van der Waals surface area contributed by atoms with Crippen molar-refractivity contribution >= 4 is 16.8 Å². The minimum atomic E-state index is -0.831. The molecular weight excluding hydrogens is 404 g/mol. The summed E-state index contributed by atoms with van der Waals surface area (Å²) in [6, 6.07) is 15.1. The summed E-state index contributed by atoms with van der Waals surface area (Å²) in [6.07, 6.45) is 3.34. The molecule has 0 saturated carbocycles. The Hall–Kier alpha value is -4.00. The van der Waals surface area contributed by atoms with Gasteiger partial charge in [-0.1, -0.05) is 24.3 Å². The number of carbonyl (C=O) groups excluding carboxylic acids is 1. The smallest absolute Gasteiger partial charge is 0.336 e. The first kappa shape index (κ1) is 21.2. The van der Waals surface area contributed by atoms with Crippen LogP contribution in [0.3, 0.4) is 0 Å². The number of rotatable bonds is 5. The maximum absolute atomic E-state index is 13.6. The predicted molar refractivity (Wildman–Crippen MR) is 124 cm³/mol. The Labute approximate surface area is 185 Å². The number of carbonyl (C=O) groups is 1. The first-order valence-corrected chi connectivity index (χ1v) is 10.4. The van der Waals surface area contributed by atoms with Crippen molar-refractivity contribution in [1.82, 2.24) is 19.4 Å². The quantitative estimate of drug-likeness (QED) is 0.529. The maximum atomic E-state index is 13.6. The highest BCUT2D eigenvalue weighted by Gasteiger charge is 2.22. The number of nitrogens with zero attached hydrogens (tertiary/aromatic N) is 3. The third-order valence-electron chi connectivity index (χ3n) is 5.70. The summed E-state index contributed by atoms with van der Waals surface area (Å²) < 4.78 is 2.52. The highest BCUT2D eigenvalue weighted by atomic mass is 16.2. The monoisotopic (exact) mass is 428 g/mol. The fourth-order valence-corrected chi connectivity index (χ4v) is 3.71. The summed E-state index contributed by atoms with van der Waals surface area (Å²) in [5.41, 5.74) is 2.82. The molecule has 0 spiro atoms. The Kier molecular flexibility index (Phi) is 5.73. The van der Waals surface area contributed by atoms with E-state index in [1.807, 2.05) is 32.0 Å². The SMILES string of the molecule is Cc1ccc(-n2c(=O)c3ccccc3n(C(C)C(=O)NCc3cccnc3)c2=O)cc1C. The van der Waals surface area contributed by atoms with Crippen molar-refractivity contribution in [3.05, 3.63) is 105 Å². The first-order chi connectivity index (χ1) is 15.4. The Morgan fingerprint density at radius 2 is 1.81 bits per heavy atom. The van der Waals surface area contributed by atoms with Crippen LogP contribution in [0, 0.1) is 13.8 Å². The van der Waals surface area contributed by atoms with Gasteiger partial charge in [-0.05, 0) is 67.8 Å². The van der Waals surface area contributed by atoms with Gasteiger partial charge in [0.1, 0.15) is 6.04 Å². The molecule has 162 valence electrons. The van der Waals surface area contributed by atoms with E-state index in [1.165, 1.54) is 4.57 Å². The van der Waals surface area contributed by atoms with Crippen LogP contribution in [-0.2, 0) is 11.3 Å². The molecule has 2 heterocycles. The molecule has 0 fully saturated rings. The van der Waals surface area contributed by atoms with Crippen LogP contribution < -0.4 is 16.6 Å². The Morgan fingerprint density at radius 1 is 1.03 bits per heavy atom. The van der Waals surface area contributed by atoms with E-state index in [0.717, 1.165) is 21.3 Å². The van der Waals surface area contributed by atoms with E-state index in [2.05, 4.69) is 10.3 Å². The maximum Gasteiger partial charge on any atom is 0.336 e. The van der Waals surface area contributed by atoms with E-state index in [9.17, 15) is 14.4 Å². The number of amides is 1. The van der Waals surface area contributed by atoms with E-state index < -0.39 is 17.3 Å². The van der Waals surface area contributed by atoms with Crippen molar-refractivity contribution < 1.29 is 4.79 Å². The van der Waals surface area contributed by atoms with Crippen molar-refractivity contribution in [2.45, 2.75) is 33.4 Å². The molecule has 1 unspecified atom stereocenters. The Morgan fingerprint density at radius 3 is 2.53 bits per heavy atom. The second-order valence-electron chi connectivity index (χ2n) is 7.83. The topological polar surface area (TPSA) is 86.0 Å². The number of benzene rings is 2. The van der Waals surface area contributed by atoms with Crippen LogP contribution in [0.5, 0.6) is 0 Å². The minimum absolute atomic E-state index is 0.292. The normalized spacial score (nSPS) is 12.0. The number of hydrogen-bond acceptors (Lipinski definition) is 4. The third kappa shape index (κ3) is 3.85. The molecule has 0 aliphatic rings. The zero-order chi connectivity index (χ0) is 22.8. The highest BCUT2D eigenvalue weighted by molar-refractivity contribution is 5.84. The molecule has 1 amide bonds. The number of nitrogens with one attached hydrogen (secondary N) is 1. The molecular formula is C25H24N4O3. The molecule has 7 nitrogen and oxygen atoms in total.